The van der Waals surface area contributed by atoms with E-state index in [2.05, 4.69) is 5.32 Å². The van der Waals surface area contributed by atoms with E-state index in [9.17, 15) is 9.59 Å². The highest BCUT2D eigenvalue weighted by Gasteiger charge is 2.16. The number of hydrogen-bond donors (Lipinski definition) is 1. The fourth-order valence-electron chi connectivity index (χ4n) is 2.39. The molecular formula is C15H23ClN4O2. The van der Waals surface area contributed by atoms with Crippen molar-refractivity contribution in [1.29, 1.82) is 0 Å². The summed E-state index contributed by atoms with van der Waals surface area (Å²) in [6, 6.07) is 7.57. The predicted octanol–water partition coefficient (Wildman–Crippen LogP) is 0.923. The molecule has 0 aliphatic rings. The van der Waals surface area contributed by atoms with E-state index >= 15 is 0 Å². The van der Waals surface area contributed by atoms with Crippen LogP contribution in [-0.2, 0) is 17.9 Å². The molecule has 122 valence electrons. The molecule has 0 bridgehead atoms. The molecule has 0 saturated carbocycles. The molecule has 7 heteroatoms. The highest BCUT2D eigenvalue weighted by Crippen LogP contribution is 2.12. The van der Waals surface area contributed by atoms with Gasteiger partial charge in [0.05, 0.1) is 11.0 Å². The first-order valence-electron chi connectivity index (χ1n) is 7.16. The average Bonchev–Trinajstić information content (AvgIpc) is 2.76. The number of benzene rings is 1. The van der Waals surface area contributed by atoms with E-state index in [0.717, 1.165) is 17.6 Å². The molecule has 22 heavy (non-hydrogen) atoms. The molecule has 1 aromatic carbocycles. The van der Waals surface area contributed by atoms with E-state index in [4.69, 9.17) is 0 Å². The quantitative estimate of drug-likeness (QED) is 0.859. The fraction of sp³-hybridized carbons (Fsp3) is 0.467. The second-order valence-electron chi connectivity index (χ2n) is 5.02. The lowest BCUT2D eigenvalue weighted by Gasteiger charge is -2.17. The summed E-state index contributed by atoms with van der Waals surface area (Å²) in [5, 5.41) is 3.01. The highest BCUT2D eigenvalue weighted by atomic mass is 35.5. The van der Waals surface area contributed by atoms with Crippen LogP contribution >= 0.6 is 12.4 Å². The van der Waals surface area contributed by atoms with Crippen molar-refractivity contribution in [3.8, 4) is 0 Å². The molecule has 1 N–H and O–H groups in total. The third-order valence-corrected chi connectivity index (χ3v) is 3.66. The van der Waals surface area contributed by atoms with Crippen LogP contribution in [0.15, 0.2) is 29.1 Å². The number of halogens is 1. The Morgan fingerprint density at radius 3 is 2.36 bits per heavy atom. The van der Waals surface area contributed by atoms with Gasteiger partial charge in [0.1, 0.15) is 6.54 Å². The Morgan fingerprint density at radius 2 is 1.82 bits per heavy atom. The molecule has 2 rings (SSSR count). The van der Waals surface area contributed by atoms with Crippen molar-refractivity contribution in [1.82, 2.24) is 19.4 Å². The Balaban J connectivity index is 0.00000242. The number of carbonyl (C=O) groups is 1. The van der Waals surface area contributed by atoms with Gasteiger partial charge in [-0.15, -0.1) is 12.4 Å². The van der Waals surface area contributed by atoms with E-state index in [1.165, 1.54) is 0 Å². The third kappa shape index (κ3) is 3.51. The Morgan fingerprint density at radius 1 is 1.23 bits per heavy atom. The van der Waals surface area contributed by atoms with Crippen molar-refractivity contribution in [3.05, 3.63) is 34.7 Å². The number of rotatable bonds is 6. The minimum absolute atomic E-state index is 0. The van der Waals surface area contributed by atoms with Crippen molar-refractivity contribution in [2.24, 2.45) is 0 Å². The van der Waals surface area contributed by atoms with Crippen LogP contribution in [0.3, 0.4) is 0 Å². The van der Waals surface area contributed by atoms with Crippen LogP contribution in [0.4, 0.5) is 0 Å². The van der Waals surface area contributed by atoms with Crippen molar-refractivity contribution < 1.29 is 4.79 Å². The monoisotopic (exact) mass is 326 g/mol. The predicted molar refractivity (Wildman–Crippen MR) is 90.7 cm³/mol. The fourth-order valence-corrected chi connectivity index (χ4v) is 2.39. The standard InChI is InChI=1S/C15H22N4O2.ClH/c1-4-18-12-7-5-6-8-13(12)19(15(18)21)11-14(20)17(3)10-9-16-2;/h5-8,16H,4,9-11H2,1-3H3;1H. The topological polar surface area (TPSA) is 59.3 Å². The van der Waals surface area contributed by atoms with E-state index in [1.54, 1.807) is 21.1 Å². The number of fused-ring (bicyclic) bond motifs is 1. The number of aryl methyl sites for hydroxylation is 1. The van der Waals surface area contributed by atoms with Crippen molar-refractivity contribution >= 4 is 29.3 Å². The third-order valence-electron chi connectivity index (χ3n) is 3.66. The second kappa shape index (κ2) is 8.00. The molecule has 0 unspecified atom stereocenters. The number of imidazole rings is 1. The summed E-state index contributed by atoms with van der Waals surface area (Å²) in [5.41, 5.74) is 1.55. The van der Waals surface area contributed by atoms with Crippen molar-refractivity contribution in [2.75, 3.05) is 27.2 Å². The maximum Gasteiger partial charge on any atom is 0.329 e. The molecule has 0 radical (unpaired) electrons. The molecule has 2 aromatic rings. The summed E-state index contributed by atoms with van der Waals surface area (Å²) in [6.07, 6.45) is 0. The zero-order valence-electron chi connectivity index (χ0n) is 13.2. The normalized spacial score (nSPS) is 10.5. The van der Waals surface area contributed by atoms with Gasteiger partial charge in [-0.25, -0.2) is 4.79 Å². The number of nitrogens with zero attached hydrogens (tertiary/aromatic N) is 3. The minimum atomic E-state index is -0.130. The van der Waals surface area contributed by atoms with Crippen LogP contribution in [-0.4, -0.2) is 47.1 Å². The zero-order valence-corrected chi connectivity index (χ0v) is 14.0. The molecule has 0 spiro atoms. The lowest BCUT2D eigenvalue weighted by molar-refractivity contribution is -0.130. The van der Waals surface area contributed by atoms with Crippen LogP contribution in [0.2, 0.25) is 0 Å². The molecule has 0 aliphatic heterocycles. The lowest BCUT2D eigenvalue weighted by Crippen LogP contribution is -2.37. The van der Waals surface area contributed by atoms with E-state index in [0.29, 0.717) is 13.1 Å². The number of amides is 1. The Bertz CT molecular complexity index is 692. The van der Waals surface area contributed by atoms with Crippen LogP contribution < -0.4 is 11.0 Å². The Kier molecular flexibility index (Phi) is 6.64. The first kappa shape index (κ1) is 18.3. The van der Waals surface area contributed by atoms with Gasteiger partial charge in [0.2, 0.25) is 5.91 Å². The first-order valence-corrected chi connectivity index (χ1v) is 7.16. The SMILES string of the molecule is CCn1c(=O)n(CC(=O)N(C)CCNC)c2ccccc21.Cl. The maximum absolute atomic E-state index is 12.4. The average molecular weight is 327 g/mol. The Labute approximate surface area is 136 Å². The number of carbonyl (C=O) groups excluding carboxylic acids is 1. The van der Waals surface area contributed by atoms with Crippen molar-refractivity contribution in [2.45, 2.75) is 20.0 Å². The summed E-state index contributed by atoms with van der Waals surface area (Å²) >= 11 is 0. The summed E-state index contributed by atoms with van der Waals surface area (Å²) in [4.78, 5) is 26.3. The van der Waals surface area contributed by atoms with Crippen LogP contribution in [0.5, 0.6) is 0 Å². The molecule has 6 nitrogen and oxygen atoms in total. The lowest BCUT2D eigenvalue weighted by atomic mass is 10.3. The van der Waals surface area contributed by atoms with Crippen LogP contribution in [0.25, 0.3) is 11.0 Å². The van der Waals surface area contributed by atoms with Gasteiger partial charge in [0.25, 0.3) is 0 Å². The molecule has 0 atom stereocenters. The first-order chi connectivity index (χ1) is 10.1. The smallest absolute Gasteiger partial charge is 0.329 e. The molecule has 1 heterocycles. The molecule has 1 amide bonds. The molecule has 0 saturated heterocycles. The summed E-state index contributed by atoms with van der Waals surface area (Å²) in [7, 11) is 3.60. The number of hydrogen-bond acceptors (Lipinski definition) is 3. The second-order valence-corrected chi connectivity index (χ2v) is 5.02. The van der Waals surface area contributed by atoms with E-state index < -0.39 is 0 Å². The molecule has 1 aromatic heterocycles. The van der Waals surface area contributed by atoms with Crippen LogP contribution in [0, 0.1) is 0 Å². The molecule has 0 fully saturated rings. The Hall–Kier alpha value is -1.79. The zero-order chi connectivity index (χ0) is 15.4. The van der Waals surface area contributed by atoms with Gasteiger partial charge in [0.15, 0.2) is 0 Å². The minimum Gasteiger partial charge on any atom is -0.343 e. The van der Waals surface area contributed by atoms with Gasteiger partial charge < -0.3 is 10.2 Å². The van der Waals surface area contributed by atoms with E-state index in [-0.39, 0.29) is 30.5 Å². The summed E-state index contributed by atoms with van der Waals surface area (Å²) in [6.45, 7) is 3.95. The van der Waals surface area contributed by atoms with Gasteiger partial charge in [-0.2, -0.15) is 0 Å². The number of aromatic nitrogens is 2. The largest absolute Gasteiger partial charge is 0.343 e. The summed E-state index contributed by atoms with van der Waals surface area (Å²) in [5.74, 6) is -0.0636. The van der Waals surface area contributed by atoms with Crippen molar-refractivity contribution in [3.63, 3.8) is 0 Å². The van der Waals surface area contributed by atoms with Gasteiger partial charge in [-0.1, -0.05) is 12.1 Å². The van der Waals surface area contributed by atoms with Gasteiger partial charge >= 0.3 is 5.69 Å². The van der Waals surface area contributed by atoms with E-state index in [1.807, 2.05) is 38.2 Å². The van der Waals surface area contributed by atoms with Crippen LogP contribution in [0.1, 0.15) is 6.92 Å². The molecular weight excluding hydrogens is 304 g/mol. The van der Waals surface area contributed by atoms with Gasteiger partial charge in [-0.05, 0) is 26.1 Å². The van der Waals surface area contributed by atoms with Gasteiger partial charge in [0, 0.05) is 26.7 Å². The maximum atomic E-state index is 12.4. The highest BCUT2D eigenvalue weighted by molar-refractivity contribution is 5.85. The number of nitrogens with one attached hydrogen (secondary N) is 1. The summed E-state index contributed by atoms with van der Waals surface area (Å²) < 4.78 is 3.24. The number of likely N-dealkylation sites (N-methyl/N-ethyl adjacent to an activating group) is 2. The molecule has 0 aliphatic carbocycles. The van der Waals surface area contributed by atoms with Gasteiger partial charge in [-0.3, -0.25) is 13.9 Å². The number of para-hydroxylation sites is 2.